The SMILES string of the molecule is COc1ccc(N2CC(CNC(=O)c3ccc(F)cc3F)CC2=O)cc1. The van der Waals surface area contributed by atoms with Crippen LogP contribution >= 0.6 is 0 Å². The van der Waals surface area contributed by atoms with E-state index in [1.807, 2.05) is 0 Å². The van der Waals surface area contributed by atoms with Gasteiger partial charge in [-0.25, -0.2) is 8.78 Å². The van der Waals surface area contributed by atoms with Crippen molar-refractivity contribution >= 4 is 17.5 Å². The zero-order valence-electron chi connectivity index (χ0n) is 14.2. The highest BCUT2D eigenvalue weighted by molar-refractivity contribution is 5.96. The van der Waals surface area contributed by atoms with Gasteiger partial charge in [-0.1, -0.05) is 0 Å². The minimum Gasteiger partial charge on any atom is -0.497 e. The van der Waals surface area contributed by atoms with Crippen LogP contribution in [-0.2, 0) is 4.79 Å². The van der Waals surface area contributed by atoms with Gasteiger partial charge in [0, 0.05) is 37.2 Å². The fourth-order valence-electron chi connectivity index (χ4n) is 2.94. The molecule has 0 radical (unpaired) electrons. The Morgan fingerprint density at radius 1 is 1.23 bits per heavy atom. The van der Waals surface area contributed by atoms with Gasteiger partial charge in [-0.05, 0) is 36.4 Å². The lowest BCUT2D eigenvalue weighted by Gasteiger charge is -2.17. The molecule has 0 saturated carbocycles. The second-order valence-electron chi connectivity index (χ2n) is 6.11. The molecule has 0 aliphatic carbocycles. The zero-order valence-corrected chi connectivity index (χ0v) is 14.2. The van der Waals surface area contributed by atoms with E-state index in [-0.39, 0.29) is 30.4 Å². The lowest BCUT2D eigenvalue weighted by atomic mass is 10.1. The molecule has 3 rings (SSSR count). The molecule has 0 aromatic heterocycles. The lowest BCUT2D eigenvalue weighted by Crippen LogP contribution is -2.31. The number of hydrogen-bond acceptors (Lipinski definition) is 3. The molecular formula is C19H18F2N2O3. The molecule has 2 amide bonds. The van der Waals surface area contributed by atoms with Gasteiger partial charge in [0.1, 0.15) is 17.4 Å². The first-order chi connectivity index (χ1) is 12.5. The Bertz CT molecular complexity index is 824. The van der Waals surface area contributed by atoms with Crippen molar-refractivity contribution in [3.8, 4) is 5.75 Å². The largest absolute Gasteiger partial charge is 0.497 e. The van der Waals surface area contributed by atoms with E-state index < -0.39 is 17.5 Å². The minimum absolute atomic E-state index is 0.0395. The van der Waals surface area contributed by atoms with Gasteiger partial charge in [0.05, 0.1) is 12.7 Å². The summed E-state index contributed by atoms with van der Waals surface area (Å²) in [4.78, 5) is 25.9. The summed E-state index contributed by atoms with van der Waals surface area (Å²) in [6.07, 6.45) is 0.290. The quantitative estimate of drug-likeness (QED) is 0.892. The molecule has 1 heterocycles. The number of halogens is 2. The van der Waals surface area contributed by atoms with Crippen molar-refractivity contribution in [3.63, 3.8) is 0 Å². The number of carbonyl (C=O) groups is 2. The summed E-state index contributed by atoms with van der Waals surface area (Å²) in [5, 5.41) is 2.61. The van der Waals surface area contributed by atoms with Crippen LogP contribution in [0.15, 0.2) is 42.5 Å². The Morgan fingerprint density at radius 2 is 1.96 bits per heavy atom. The van der Waals surface area contributed by atoms with E-state index >= 15 is 0 Å². The Hall–Kier alpha value is -2.96. The van der Waals surface area contributed by atoms with Crippen LogP contribution in [0.1, 0.15) is 16.8 Å². The standard InChI is InChI=1S/C19H18F2N2O3/c1-26-15-5-3-14(4-6-15)23-11-12(8-18(23)24)10-22-19(25)16-7-2-13(20)9-17(16)21/h2-7,9,12H,8,10-11H2,1H3,(H,22,25). The molecule has 26 heavy (non-hydrogen) atoms. The van der Waals surface area contributed by atoms with Crippen LogP contribution in [0.5, 0.6) is 5.75 Å². The van der Waals surface area contributed by atoms with E-state index in [1.165, 1.54) is 0 Å². The number of carbonyl (C=O) groups excluding carboxylic acids is 2. The maximum atomic E-state index is 13.6. The molecular weight excluding hydrogens is 342 g/mol. The monoisotopic (exact) mass is 360 g/mol. The summed E-state index contributed by atoms with van der Waals surface area (Å²) in [7, 11) is 1.57. The predicted octanol–water partition coefficient (Wildman–Crippen LogP) is 2.76. The molecule has 1 saturated heterocycles. The summed E-state index contributed by atoms with van der Waals surface area (Å²) in [6.45, 7) is 0.686. The molecule has 0 spiro atoms. The molecule has 2 aromatic carbocycles. The Morgan fingerprint density at radius 3 is 2.62 bits per heavy atom. The molecule has 5 nitrogen and oxygen atoms in total. The van der Waals surface area contributed by atoms with Gasteiger partial charge in [-0.15, -0.1) is 0 Å². The molecule has 1 aliphatic heterocycles. The molecule has 1 unspecified atom stereocenters. The van der Waals surface area contributed by atoms with Gasteiger partial charge in [0.2, 0.25) is 5.91 Å². The van der Waals surface area contributed by atoms with E-state index in [0.29, 0.717) is 18.4 Å². The van der Waals surface area contributed by atoms with Gasteiger partial charge in [-0.3, -0.25) is 9.59 Å². The first kappa shape index (κ1) is 17.8. The molecule has 2 aromatic rings. The topological polar surface area (TPSA) is 58.6 Å². The lowest BCUT2D eigenvalue weighted by molar-refractivity contribution is -0.117. The third-order valence-electron chi connectivity index (χ3n) is 4.32. The maximum absolute atomic E-state index is 13.6. The number of amides is 2. The second-order valence-corrected chi connectivity index (χ2v) is 6.11. The van der Waals surface area contributed by atoms with Crippen LogP contribution in [0.2, 0.25) is 0 Å². The molecule has 1 aliphatic rings. The van der Waals surface area contributed by atoms with Gasteiger partial charge in [-0.2, -0.15) is 0 Å². The fraction of sp³-hybridized carbons (Fsp3) is 0.263. The molecule has 0 bridgehead atoms. The highest BCUT2D eigenvalue weighted by Crippen LogP contribution is 2.26. The molecule has 1 fully saturated rings. The van der Waals surface area contributed by atoms with Crippen molar-refractivity contribution in [2.75, 3.05) is 25.1 Å². The van der Waals surface area contributed by atoms with Gasteiger partial charge >= 0.3 is 0 Å². The number of benzene rings is 2. The summed E-state index contributed by atoms with van der Waals surface area (Å²) >= 11 is 0. The normalized spacial score (nSPS) is 16.7. The van der Waals surface area contributed by atoms with Gasteiger partial charge < -0.3 is 15.0 Å². The average Bonchev–Trinajstić information content (AvgIpc) is 3.00. The summed E-state index contributed by atoms with van der Waals surface area (Å²) in [5.74, 6) is -1.71. The van der Waals surface area contributed by atoms with E-state index in [0.717, 1.165) is 17.8 Å². The second kappa shape index (κ2) is 7.51. The summed E-state index contributed by atoms with van der Waals surface area (Å²) in [5.41, 5.74) is 0.539. The number of anilines is 1. The molecule has 1 atom stereocenters. The predicted molar refractivity (Wildman–Crippen MR) is 92.1 cm³/mol. The number of rotatable bonds is 5. The summed E-state index contributed by atoms with van der Waals surface area (Å²) in [6, 6.07) is 9.94. The smallest absolute Gasteiger partial charge is 0.254 e. The Labute approximate surface area is 149 Å². The fourth-order valence-corrected chi connectivity index (χ4v) is 2.94. The van der Waals surface area contributed by atoms with Crippen molar-refractivity contribution in [3.05, 3.63) is 59.7 Å². The van der Waals surface area contributed by atoms with Crippen molar-refractivity contribution < 1.29 is 23.1 Å². The zero-order chi connectivity index (χ0) is 18.7. The van der Waals surface area contributed by atoms with Crippen molar-refractivity contribution in [2.45, 2.75) is 6.42 Å². The number of hydrogen-bond donors (Lipinski definition) is 1. The number of ether oxygens (including phenoxy) is 1. The maximum Gasteiger partial charge on any atom is 0.254 e. The van der Waals surface area contributed by atoms with Crippen LogP contribution < -0.4 is 15.0 Å². The van der Waals surface area contributed by atoms with Crippen LogP contribution in [0, 0.1) is 17.6 Å². The highest BCUT2D eigenvalue weighted by atomic mass is 19.1. The number of nitrogens with zero attached hydrogens (tertiary/aromatic N) is 1. The van der Waals surface area contributed by atoms with Crippen LogP contribution in [0.25, 0.3) is 0 Å². The van der Waals surface area contributed by atoms with Crippen LogP contribution in [0.4, 0.5) is 14.5 Å². The Kier molecular flexibility index (Phi) is 5.16. The molecule has 7 heteroatoms. The van der Waals surface area contributed by atoms with E-state index in [4.69, 9.17) is 4.74 Å². The van der Waals surface area contributed by atoms with Crippen LogP contribution in [-0.4, -0.2) is 32.0 Å². The average molecular weight is 360 g/mol. The van der Waals surface area contributed by atoms with Crippen molar-refractivity contribution in [1.29, 1.82) is 0 Å². The third-order valence-corrected chi connectivity index (χ3v) is 4.32. The van der Waals surface area contributed by atoms with Crippen molar-refractivity contribution in [2.24, 2.45) is 5.92 Å². The van der Waals surface area contributed by atoms with Gasteiger partial charge in [0.15, 0.2) is 0 Å². The molecule has 136 valence electrons. The Balaban J connectivity index is 1.59. The number of nitrogens with one attached hydrogen (secondary N) is 1. The summed E-state index contributed by atoms with van der Waals surface area (Å²) < 4.78 is 31.6. The van der Waals surface area contributed by atoms with Gasteiger partial charge in [0.25, 0.3) is 5.91 Å². The van der Waals surface area contributed by atoms with E-state index in [2.05, 4.69) is 5.32 Å². The first-order valence-electron chi connectivity index (χ1n) is 8.15. The minimum atomic E-state index is -0.912. The highest BCUT2D eigenvalue weighted by Gasteiger charge is 2.31. The number of methoxy groups -OCH3 is 1. The van der Waals surface area contributed by atoms with E-state index in [1.54, 1.807) is 36.3 Å². The first-order valence-corrected chi connectivity index (χ1v) is 8.15. The molecule has 1 N–H and O–H groups in total. The van der Waals surface area contributed by atoms with Crippen LogP contribution in [0.3, 0.4) is 0 Å². The third kappa shape index (κ3) is 3.82. The van der Waals surface area contributed by atoms with E-state index in [9.17, 15) is 18.4 Å². The van der Waals surface area contributed by atoms with Crippen molar-refractivity contribution in [1.82, 2.24) is 5.32 Å².